The Morgan fingerprint density at radius 2 is 1.86 bits per heavy atom. The van der Waals surface area contributed by atoms with Crippen LogP contribution in [-0.4, -0.2) is 11.9 Å². The fourth-order valence-electron chi connectivity index (χ4n) is 1.94. The summed E-state index contributed by atoms with van der Waals surface area (Å²) in [5.74, 6) is -1.71. The molecule has 110 valence electrons. The van der Waals surface area contributed by atoms with Crippen molar-refractivity contribution >= 4 is 5.91 Å². The Kier molecular flexibility index (Phi) is 5.00. The lowest BCUT2D eigenvalue weighted by molar-refractivity contribution is -0.122. The monoisotopic (exact) mass is 290 g/mol. The number of rotatable bonds is 5. The van der Waals surface area contributed by atoms with E-state index in [4.69, 9.17) is 5.73 Å². The van der Waals surface area contributed by atoms with Crippen molar-refractivity contribution < 1.29 is 13.6 Å². The third kappa shape index (κ3) is 4.36. The van der Waals surface area contributed by atoms with Crippen molar-refractivity contribution in [2.75, 3.05) is 0 Å². The lowest BCUT2D eigenvalue weighted by Gasteiger charge is -2.12. The number of hydrogen-bond acceptors (Lipinski definition) is 2. The van der Waals surface area contributed by atoms with E-state index in [1.54, 1.807) is 0 Å². The summed E-state index contributed by atoms with van der Waals surface area (Å²) in [6.45, 7) is -0.0204. The molecule has 0 aromatic heterocycles. The normalized spacial score (nSPS) is 12.0. The van der Waals surface area contributed by atoms with Crippen molar-refractivity contribution in [1.82, 2.24) is 5.32 Å². The molecule has 0 aliphatic carbocycles. The largest absolute Gasteiger partial charge is 0.351 e. The quantitative estimate of drug-likeness (QED) is 0.886. The van der Waals surface area contributed by atoms with Crippen LogP contribution in [0.15, 0.2) is 48.5 Å². The molecule has 21 heavy (non-hydrogen) atoms. The molecule has 2 aromatic carbocycles. The molecule has 2 rings (SSSR count). The first kappa shape index (κ1) is 15.1. The average Bonchev–Trinajstić information content (AvgIpc) is 2.47. The van der Waals surface area contributed by atoms with Gasteiger partial charge >= 0.3 is 0 Å². The van der Waals surface area contributed by atoms with E-state index in [1.807, 2.05) is 30.3 Å². The van der Waals surface area contributed by atoms with Crippen LogP contribution in [0.3, 0.4) is 0 Å². The van der Waals surface area contributed by atoms with Crippen molar-refractivity contribution in [3.05, 3.63) is 71.3 Å². The summed E-state index contributed by atoms with van der Waals surface area (Å²) in [6.07, 6.45) is 0.401. The number of carbonyl (C=O) groups excluding carboxylic acids is 1. The van der Waals surface area contributed by atoms with E-state index in [2.05, 4.69) is 5.32 Å². The highest BCUT2D eigenvalue weighted by Gasteiger charge is 2.14. The van der Waals surface area contributed by atoms with Crippen molar-refractivity contribution in [3.8, 4) is 0 Å². The zero-order chi connectivity index (χ0) is 15.2. The van der Waals surface area contributed by atoms with E-state index in [9.17, 15) is 13.6 Å². The summed E-state index contributed by atoms with van der Waals surface area (Å²) < 4.78 is 26.2. The van der Waals surface area contributed by atoms with Crippen molar-refractivity contribution in [3.63, 3.8) is 0 Å². The van der Waals surface area contributed by atoms with Crippen molar-refractivity contribution in [1.29, 1.82) is 0 Å². The summed E-state index contributed by atoms with van der Waals surface area (Å²) in [5, 5.41) is 2.55. The molecule has 3 N–H and O–H groups in total. The van der Waals surface area contributed by atoms with Crippen molar-refractivity contribution in [2.45, 2.75) is 19.0 Å². The van der Waals surface area contributed by atoms with Gasteiger partial charge in [0.25, 0.3) is 0 Å². The maximum absolute atomic E-state index is 13.4. The zero-order valence-corrected chi connectivity index (χ0v) is 11.4. The molecule has 0 radical (unpaired) electrons. The minimum absolute atomic E-state index is 0.0204. The number of halogens is 2. The van der Waals surface area contributed by atoms with Crippen LogP contribution in [0.25, 0.3) is 0 Å². The summed E-state index contributed by atoms with van der Waals surface area (Å²) in [7, 11) is 0. The molecule has 3 nitrogen and oxygen atoms in total. The third-order valence-electron chi connectivity index (χ3n) is 3.10. The maximum atomic E-state index is 13.4. The second-order valence-electron chi connectivity index (χ2n) is 4.75. The first-order chi connectivity index (χ1) is 10.1. The standard InChI is InChI=1S/C16H16F2N2O/c17-13-7-6-12(14(18)9-13)10-20-16(21)15(19)8-11-4-2-1-3-5-11/h1-7,9,15H,8,10,19H2,(H,20,21). The van der Waals surface area contributed by atoms with Gasteiger partial charge in [-0.1, -0.05) is 36.4 Å². The van der Waals surface area contributed by atoms with Gasteiger partial charge in [-0.25, -0.2) is 8.78 Å². The van der Waals surface area contributed by atoms with Gasteiger partial charge in [0.15, 0.2) is 0 Å². The van der Waals surface area contributed by atoms with Gasteiger partial charge in [-0.3, -0.25) is 4.79 Å². The molecule has 5 heteroatoms. The molecular weight excluding hydrogens is 274 g/mol. The highest BCUT2D eigenvalue weighted by atomic mass is 19.1. The molecule has 1 unspecified atom stereocenters. The Hall–Kier alpha value is -2.27. The molecule has 0 fully saturated rings. The summed E-state index contributed by atoms with van der Waals surface area (Å²) in [5.41, 5.74) is 6.98. The number of carbonyl (C=O) groups is 1. The molecule has 0 saturated carbocycles. The topological polar surface area (TPSA) is 55.1 Å². The van der Waals surface area contributed by atoms with Gasteiger partial charge in [0, 0.05) is 18.2 Å². The molecular formula is C16H16F2N2O. The van der Waals surface area contributed by atoms with E-state index < -0.39 is 17.7 Å². The molecule has 1 amide bonds. The second-order valence-corrected chi connectivity index (χ2v) is 4.75. The Bertz CT molecular complexity index is 617. The van der Waals surface area contributed by atoms with Crippen LogP contribution in [-0.2, 0) is 17.8 Å². The van der Waals surface area contributed by atoms with Gasteiger partial charge < -0.3 is 11.1 Å². The van der Waals surface area contributed by atoms with Crippen molar-refractivity contribution in [2.24, 2.45) is 5.73 Å². The number of amides is 1. The highest BCUT2D eigenvalue weighted by Crippen LogP contribution is 2.09. The Balaban J connectivity index is 1.89. The van der Waals surface area contributed by atoms with Crippen LogP contribution < -0.4 is 11.1 Å². The van der Waals surface area contributed by atoms with Crippen LogP contribution >= 0.6 is 0 Å². The molecule has 1 atom stereocenters. The van der Waals surface area contributed by atoms with Crippen LogP contribution in [0.4, 0.5) is 8.78 Å². The number of nitrogens with one attached hydrogen (secondary N) is 1. The smallest absolute Gasteiger partial charge is 0.237 e. The van der Waals surface area contributed by atoms with Crippen LogP contribution in [0.5, 0.6) is 0 Å². The highest BCUT2D eigenvalue weighted by molar-refractivity contribution is 5.81. The van der Waals surface area contributed by atoms with E-state index in [-0.39, 0.29) is 18.0 Å². The molecule has 0 spiro atoms. The molecule has 0 aliphatic heterocycles. The molecule has 0 aliphatic rings. The average molecular weight is 290 g/mol. The minimum atomic E-state index is -0.712. The summed E-state index contributed by atoms with van der Waals surface area (Å²) in [4.78, 5) is 11.9. The Labute approximate surface area is 121 Å². The predicted molar refractivity (Wildman–Crippen MR) is 76.3 cm³/mol. The molecule has 0 saturated heterocycles. The Morgan fingerprint density at radius 3 is 2.52 bits per heavy atom. The third-order valence-corrected chi connectivity index (χ3v) is 3.10. The number of benzene rings is 2. The van der Waals surface area contributed by atoms with Crippen LogP contribution in [0.1, 0.15) is 11.1 Å². The van der Waals surface area contributed by atoms with Gasteiger partial charge in [-0.2, -0.15) is 0 Å². The number of nitrogens with two attached hydrogens (primary N) is 1. The SMILES string of the molecule is NC(Cc1ccccc1)C(=O)NCc1ccc(F)cc1F. The summed E-state index contributed by atoms with van der Waals surface area (Å²) >= 11 is 0. The van der Waals surface area contributed by atoms with E-state index in [1.165, 1.54) is 6.07 Å². The first-order valence-electron chi connectivity index (χ1n) is 6.57. The van der Waals surface area contributed by atoms with Crippen LogP contribution in [0.2, 0.25) is 0 Å². The van der Waals surface area contributed by atoms with E-state index >= 15 is 0 Å². The van der Waals surface area contributed by atoms with Gasteiger partial charge in [0.1, 0.15) is 11.6 Å². The van der Waals surface area contributed by atoms with Gasteiger partial charge in [0.2, 0.25) is 5.91 Å². The molecule has 0 heterocycles. The number of hydrogen-bond donors (Lipinski definition) is 2. The van der Waals surface area contributed by atoms with Gasteiger partial charge in [0.05, 0.1) is 6.04 Å². The maximum Gasteiger partial charge on any atom is 0.237 e. The van der Waals surface area contributed by atoms with E-state index in [0.29, 0.717) is 6.42 Å². The zero-order valence-electron chi connectivity index (χ0n) is 11.4. The fourth-order valence-corrected chi connectivity index (χ4v) is 1.94. The lowest BCUT2D eigenvalue weighted by Crippen LogP contribution is -2.41. The fraction of sp³-hybridized carbons (Fsp3) is 0.188. The van der Waals surface area contributed by atoms with Gasteiger partial charge in [-0.05, 0) is 18.1 Å². The summed E-state index contributed by atoms with van der Waals surface area (Å²) in [6, 6.07) is 11.9. The lowest BCUT2D eigenvalue weighted by atomic mass is 10.1. The minimum Gasteiger partial charge on any atom is -0.351 e. The Morgan fingerprint density at radius 1 is 1.14 bits per heavy atom. The molecule has 0 bridgehead atoms. The first-order valence-corrected chi connectivity index (χ1v) is 6.57. The predicted octanol–water partition coefficient (Wildman–Crippen LogP) is 2.15. The molecule has 2 aromatic rings. The second kappa shape index (κ2) is 6.95. The van der Waals surface area contributed by atoms with E-state index in [0.717, 1.165) is 17.7 Å². The van der Waals surface area contributed by atoms with Gasteiger partial charge in [-0.15, -0.1) is 0 Å². The van der Waals surface area contributed by atoms with Crippen LogP contribution in [0, 0.1) is 11.6 Å².